The zero-order chi connectivity index (χ0) is 17.9. The number of nitrogens with zero attached hydrogens (tertiary/aromatic N) is 4. The van der Waals surface area contributed by atoms with Gasteiger partial charge in [0, 0.05) is 17.1 Å². The van der Waals surface area contributed by atoms with E-state index in [1.807, 2.05) is 0 Å². The van der Waals surface area contributed by atoms with Crippen LogP contribution >= 0.6 is 23.2 Å². The number of hydrogen-bond donors (Lipinski definition) is 0. The van der Waals surface area contributed by atoms with Crippen molar-refractivity contribution in [2.75, 3.05) is 0 Å². The van der Waals surface area contributed by atoms with Gasteiger partial charge in [-0.2, -0.15) is 4.98 Å². The molecule has 3 aromatic heterocycles. The van der Waals surface area contributed by atoms with Crippen LogP contribution < -0.4 is 11.2 Å². The van der Waals surface area contributed by atoms with E-state index in [0.29, 0.717) is 21.4 Å². The molecule has 0 radical (unpaired) electrons. The lowest BCUT2D eigenvalue weighted by molar-refractivity contribution is 0.563. The van der Waals surface area contributed by atoms with Crippen LogP contribution in [0.25, 0.3) is 17.0 Å². The van der Waals surface area contributed by atoms with Gasteiger partial charge in [-0.05, 0) is 24.6 Å². The van der Waals surface area contributed by atoms with E-state index in [4.69, 9.17) is 27.6 Å². The summed E-state index contributed by atoms with van der Waals surface area (Å²) in [5, 5.41) is 0.870. The molecule has 0 N–H and O–H groups in total. The maximum atomic E-state index is 12.9. The fraction of sp³-hybridized carbons (Fsp3) is 0.188. The zero-order valence-electron chi connectivity index (χ0n) is 13.3. The van der Waals surface area contributed by atoms with Crippen molar-refractivity contribution in [2.45, 2.75) is 13.5 Å². The maximum absolute atomic E-state index is 12.9. The molecule has 7 nitrogen and oxygen atoms in total. The van der Waals surface area contributed by atoms with Gasteiger partial charge in [0.25, 0.3) is 5.56 Å². The molecule has 128 valence electrons. The van der Waals surface area contributed by atoms with Crippen molar-refractivity contribution in [3.8, 4) is 0 Å². The van der Waals surface area contributed by atoms with Crippen LogP contribution in [0.3, 0.4) is 0 Å². The molecule has 25 heavy (non-hydrogen) atoms. The second-order valence-corrected chi connectivity index (χ2v) is 6.59. The van der Waals surface area contributed by atoms with E-state index in [-0.39, 0.29) is 23.6 Å². The summed E-state index contributed by atoms with van der Waals surface area (Å²) in [7, 11) is 1.56. The molecule has 1 aromatic carbocycles. The number of oxazole rings is 1. The number of imidazole rings is 1. The van der Waals surface area contributed by atoms with Gasteiger partial charge in [0.2, 0.25) is 0 Å². The molecule has 4 aromatic rings. The van der Waals surface area contributed by atoms with Gasteiger partial charge in [-0.1, -0.05) is 29.3 Å². The maximum Gasteiger partial charge on any atom is 0.332 e. The third-order valence-electron chi connectivity index (χ3n) is 4.05. The first-order chi connectivity index (χ1) is 11.9. The summed E-state index contributed by atoms with van der Waals surface area (Å²) in [6.07, 6.45) is 1.66. The topological polar surface area (TPSA) is 74.4 Å². The van der Waals surface area contributed by atoms with Gasteiger partial charge in [-0.25, -0.2) is 4.79 Å². The molecule has 0 amide bonds. The van der Waals surface area contributed by atoms with Crippen molar-refractivity contribution in [1.29, 1.82) is 0 Å². The number of fused-ring (bicyclic) bond motifs is 3. The number of halogens is 2. The lowest BCUT2D eigenvalue weighted by atomic mass is 10.2. The van der Waals surface area contributed by atoms with E-state index in [9.17, 15) is 9.59 Å². The molecular weight excluding hydrogens is 367 g/mol. The van der Waals surface area contributed by atoms with E-state index in [2.05, 4.69) is 4.98 Å². The zero-order valence-corrected chi connectivity index (χ0v) is 14.8. The Balaban J connectivity index is 2.01. The van der Waals surface area contributed by atoms with Gasteiger partial charge in [0.05, 0.1) is 12.7 Å². The Hall–Kier alpha value is -2.51. The summed E-state index contributed by atoms with van der Waals surface area (Å²) in [6, 6.07) is 4.92. The van der Waals surface area contributed by atoms with Crippen LogP contribution in [0, 0.1) is 6.92 Å². The van der Waals surface area contributed by atoms with Gasteiger partial charge < -0.3 is 4.42 Å². The Kier molecular flexibility index (Phi) is 3.52. The number of benzene rings is 1. The van der Waals surface area contributed by atoms with E-state index >= 15 is 0 Å². The molecule has 0 bridgehead atoms. The summed E-state index contributed by atoms with van der Waals surface area (Å²) in [5.41, 5.74) is 0.221. The predicted molar refractivity (Wildman–Crippen MR) is 94.8 cm³/mol. The van der Waals surface area contributed by atoms with Crippen molar-refractivity contribution in [2.24, 2.45) is 7.05 Å². The van der Waals surface area contributed by atoms with Gasteiger partial charge in [0.1, 0.15) is 5.76 Å². The molecule has 0 atom stereocenters. The summed E-state index contributed by atoms with van der Waals surface area (Å²) >= 11 is 12.1. The quantitative estimate of drug-likeness (QED) is 0.537. The fourth-order valence-corrected chi connectivity index (χ4v) is 3.29. The SMILES string of the molecule is Cc1cn2c(nc3c2c(=O)n(Cc2ccc(Cl)cc2Cl)c(=O)n3C)o1. The average molecular weight is 379 g/mol. The number of hydrogen-bond acceptors (Lipinski definition) is 4. The van der Waals surface area contributed by atoms with Crippen LogP contribution in [0.2, 0.25) is 10.0 Å². The van der Waals surface area contributed by atoms with Crippen LogP contribution in [0.4, 0.5) is 0 Å². The molecule has 0 fully saturated rings. The van der Waals surface area contributed by atoms with Crippen molar-refractivity contribution in [3.63, 3.8) is 0 Å². The Morgan fingerprint density at radius 2 is 2.00 bits per heavy atom. The van der Waals surface area contributed by atoms with Gasteiger partial charge in [-0.15, -0.1) is 0 Å². The fourth-order valence-electron chi connectivity index (χ4n) is 2.82. The van der Waals surface area contributed by atoms with Crippen LogP contribution in [0.15, 0.2) is 38.4 Å². The van der Waals surface area contributed by atoms with Crippen molar-refractivity contribution >= 4 is 40.2 Å². The largest absolute Gasteiger partial charge is 0.428 e. The number of aromatic nitrogens is 4. The number of aryl methyl sites for hydroxylation is 2. The highest BCUT2D eigenvalue weighted by atomic mass is 35.5. The molecule has 3 heterocycles. The van der Waals surface area contributed by atoms with Crippen LogP contribution in [-0.2, 0) is 13.6 Å². The summed E-state index contributed by atoms with van der Waals surface area (Å²) in [5.74, 6) is 0.881. The Morgan fingerprint density at radius 3 is 2.72 bits per heavy atom. The molecule has 0 unspecified atom stereocenters. The predicted octanol–water partition coefficient (Wildman–Crippen LogP) is 2.60. The smallest absolute Gasteiger partial charge is 0.332 e. The van der Waals surface area contributed by atoms with Crippen LogP contribution in [0.5, 0.6) is 0 Å². The minimum atomic E-state index is -0.485. The van der Waals surface area contributed by atoms with E-state index in [0.717, 1.165) is 4.57 Å². The lowest BCUT2D eigenvalue weighted by Gasteiger charge is -2.09. The molecule has 0 saturated heterocycles. The summed E-state index contributed by atoms with van der Waals surface area (Å²) in [4.78, 5) is 29.8. The first-order valence-corrected chi connectivity index (χ1v) is 8.14. The number of rotatable bonds is 2. The highest BCUT2D eigenvalue weighted by molar-refractivity contribution is 6.35. The minimum Gasteiger partial charge on any atom is -0.428 e. The van der Waals surface area contributed by atoms with E-state index in [1.165, 1.54) is 4.57 Å². The molecule has 0 aliphatic heterocycles. The van der Waals surface area contributed by atoms with E-state index < -0.39 is 11.2 Å². The highest BCUT2D eigenvalue weighted by Gasteiger charge is 2.19. The molecular formula is C16H12Cl2N4O3. The third kappa shape index (κ3) is 2.39. The van der Waals surface area contributed by atoms with Crippen molar-refractivity contribution < 1.29 is 4.42 Å². The van der Waals surface area contributed by atoms with Crippen molar-refractivity contribution in [3.05, 3.63) is 66.6 Å². The van der Waals surface area contributed by atoms with Gasteiger partial charge in [-0.3, -0.25) is 18.3 Å². The first kappa shape index (κ1) is 16.0. The molecule has 0 saturated carbocycles. The average Bonchev–Trinajstić information content (AvgIpc) is 3.07. The Bertz CT molecular complexity index is 1260. The summed E-state index contributed by atoms with van der Waals surface area (Å²) in [6.45, 7) is 1.79. The minimum absolute atomic E-state index is 0.0293. The van der Waals surface area contributed by atoms with Gasteiger partial charge in [0.15, 0.2) is 11.2 Å². The molecule has 0 aliphatic rings. The third-order valence-corrected chi connectivity index (χ3v) is 4.64. The van der Waals surface area contributed by atoms with Crippen LogP contribution in [0.1, 0.15) is 11.3 Å². The van der Waals surface area contributed by atoms with Gasteiger partial charge >= 0.3 is 11.5 Å². The molecule has 0 aliphatic carbocycles. The van der Waals surface area contributed by atoms with E-state index in [1.54, 1.807) is 42.8 Å². The molecule has 9 heteroatoms. The first-order valence-electron chi connectivity index (χ1n) is 7.39. The summed E-state index contributed by atoms with van der Waals surface area (Å²) < 4.78 is 9.43. The monoisotopic (exact) mass is 378 g/mol. The second kappa shape index (κ2) is 5.50. The molecule has 4 rings (SSSR count). The Morgan fingerprint density at radius 1 is 1.24 bits per heavy atom. The standard InChI is InChI=1S/C16H12Cl2N4O3/c1-8-6-21-12-13(19-15(21)25-8)20(2)16(24)22(14(12)23)7-9-3-4-10(17)5-11(9)18/h3-6H,7H2,1-2H3. The molecule has 0 spiro atoms. The Labute approximate surface area is 150 Å². The highest BCUT2D eigenvalue weighted by Crippen LogP contribution is 2.21. The normalized spacial score (nSPS) is 11.7. The second-order valence-electron chi connectivity index (χ2n) is 5.75. The lowest BCUT2D eigenvalue weighted by Crippen LogP contribution is -2.39. The van der Waals surface area contributed by atoms with Crippen LogP contribution in [-0.4, -0.2) is 18.5 Å². The van der Waals surface area contributed by atoms with Crippen molar-refractivity contribution in [1.82, 2.24) is 18.5 Å².